The summed E-state index contributed by atoms with van der Waals surface area (Å²) in [5.74, 6) is -0.577. The minimum Gasteiger partial charge on any atom is -0.496 e. The Kier molecular flexibility index (Phi) is 5.87. The molecular weight excluding hydrogens is 366 g/mol. The highest BCUT2D eigenvalue weighted by Gasteiger charge is 2.23. The lowest BCUT2D eigenvalue weighted by molar-refractivity contribution is -0.123. The lowest BCUT2D eigenvalue weighted by Crippen LogP contribution is -2.30. The number of benzene rings is 3. The van der Waals surface area contributed by atoms with E-state index in [0.717, 1.165) is 33.2 Å². The molecule has 0 aromatic heterocycles. The number of carbonyl (C=O) groups is 2. The number of hydrogen-bond donors (Lipinski definition) is 1. The molecule has 0 saturated carbocycles. The molecule has 0 spiro atoms. The highest BCUT2D eigenvalue weighted by molar-refractivity contribution is 6.01. The van der Waals surface area contributed by atoms with Gasteiger partial charge in [0.15, 0.2) is 6.10 Å². The third-order valence-corrected chi connectivity index (χ3v) is 4.87. The van der Waals surface area contributed by atoms with Crippen LogP contribution in [0.4, 0.5) is 5.69 Å². The zero-order valence-electron chi connectivity index (χ0n) is 17.3. The van der Waals surface area contributed by atoms with Gasteiger partial charge in [-0.1, -0.05) is 42.0 Å². The number of carbonyl (C=O) groups excluding carboxylic acids is 2. The van der Waals surface area contributed by atoms with Gasteiger partial charge in [0, 0.05) is 5.69 Å². The Balaban J connectivity index is 1.78. The summed E-state index contributed by atoms with van der Waals surface area (Å²) in [5.41, 5.74) is 4.08. The van der Waals surface area contributed by atoms with Gasteiger partial charge in [0.25, 0.3) is 5.91 Å². The average molecular weight is 391 g/mol. The Morgan fingerprint density at radius 3 is 2.10 bits per heavy atom. The van der Waals surface area contributed by atoms with Crippen molar-refractivity contribution < 1.29 is 19.1 Å². The van der Waals surface area contributed by atoms with Crippen molar-refractivity contribution in [3.63, 3.8) is 0 Å². The second-order valence-corrected chi connectivity index (χ2v) is 7.21. The van der Waals surface area contributed by atoms with E-state index in [9.17, 15) is 9.59 Å². The van der Waals surface area contributed by atoms with Crippen LogP contribution in [0, 0.1) is 20.8 Å². The molecule has 0 fully saturated rings. The summed E-state index contributed by atoms with van der Waals surface area (Å²) < 4.78 is 10.8. The first-order valence-corrected chi connectivity index (χ1v) is 9.46. The molecule has 0 radical (unpaired) electrons. The highest BCUT2D eigenvalue weighted by atomic mass is 16.5. The molecule has 5 nitrogen and oxygen atoms in total. The summed E-state index contributed by atoms with van der Waals surface area (Å²) in [7, 11) is 1.50. The van der Waals surface area contributed by atoms with Gasteiger partial charge in [-0.15, -0.1) is 0 Å². The molecule has 0 aliphatic heterocycles. The van der Waals surface area contributed by atoms with Crippen LogP contribution in [-0.4, -0.2) is 25.1 Å². The molecular formula is C24H25NO4. The molecule has 5 heteroatoms. The molecule has 0 bridgehead atoms. The number of aryl methyl sites for hydroxylation is 3. The summed E-state index contributed by atoms with van der Waals surface area (Å²) in [6, 6.07) is 15.2. The first kappa shape index (κ1) is 20.4. The molecule has 3 aromatic rings. The summed E-state index contributed by atoms with van der Waals surface area (Å²) in [6.45, 7) is 7.44. The van der Waals surface area contributed by atoms with Gasteiger partial charge in [0.2, 0.25) is 0 Å². The third kappa shape index (κ3) is 4.40. The van der Waals surface area contributed by atoms with Gasteiger partial charge in [-0.05, 0) is 61.7 Å². The van der Waals surface area contributed by atoms with Crippen LogP contribution in [0.15, 0.2) is 48.5 Å². The van der Waals surface area contributed by atoms with E-state index >= 15 is 0 Å². The van der Waals surface area contributed by atoms with E-state index in [1.54, 1.807) is 19.1 Å². The van der Waals surface area contributed by atoms with Gasteiger partial charge < -0.3 is 14.8 Å². The maximum absolute atomic E-state index is 12.7. The highest BCUT2D eigenvalue weighted by Crippen LogP contribution is 2.27. The fourth-order valence-electron chi connectivity index (χ4n) is 3.43. The molecule has 0 aliphatic rings. The quantitative estimate of drug-likeness (QED) is 0.625. The number of amides is 1. The average Bonchev–Trinajstić information content (AvgIpc) is 2.69. The molecule has 1 atom stereocenters. The van der Waals surface area contributed by atoms with E-state index in [1.807, 2.05) is 57.2 Å². The molecule has 1 N–H and O–H groups in total. The minimum atomic E-state index is -0.959. The number of anilines is 1. The second kappa shape index (κ2) is 8.35. The predicted octanol–water partition coefficient (Wildman–Crippen LogP) is 4.96. The van der Waals surface area contributed by atoms with Crippen LogP contribution in [0.3, 0.4) is 0 Å². The number of nitrogens with one attached hydrogen (secondary N) is 1. The normalized spacial score (nSPS) is 11.8. The van der Waals surface area contributed by atoms with Crippen molar-refractivity contribution >= 4 is 28.3 Å². The van der Waals surface area contributed by atoms with Crippen LogP contribution in [0.25, 0.3) is 10.8 Å². The zero-order chi connectivity index (χ0) is 21.1. The molecule has 1 amide bonds. The van der Waals surface area contributed by atoms with Gasteiger partial charge in [-0.25, -0.2) is 4.79 Å². The standard InChI is InChI=1S/C24H25NO4/c1-14-10-15(2)22(16(3)11-14)25-23(26)17(4)29-24(27)20-12-18-8-6-7-9-19(18)13-21(20)28-5/h6-13,17H,1-5H3,(H,25,26)/t17-/m1/s1. The van der Waals surface area contributed by atoms with Gasteiger partial charge in [0.1, 0.15) is 11.3 Å². The van der Waals surface area contributed by atoms with Crippen molar-refractivity contribution in [3.8, 4) is 5.75 Å². The number of fused-ring (bicyclic) bond motifs is 1. The molecule has 29 heavy (non-hydrogen) atoms. The van der Waals surface area contributed by atoms with E-state index in [2.05, 4.69) is 5.32 Å². The molecule has 3 aromatic carbocycles. The van der Waals surface area contributed by atoms with Crippen molar-refractivity contribution in [3.05, 3.63) is 70.8 Å². The SMILES string of the molecule is COc1cc2ccccc2cc1C(=O)O[C@H](C)C(=O)Nc1c(C)cc(C)cc1C. The molecule has 0 unspecified atom stereocenters. The lowest BCUT2D eigenvalue weighted by atomic mass is 10.0. The summed E-state index contributed by atoms with van der Waals surface area (Å²) in [5, 5.41) is 4.72. The first-order valence-electron chi connectivity index (χ1n) is 9.46. The monoisotopic (exact) mass is 391 g/mol. The smallest absolute Gasteiger partial charge is 0.342 e. The maximum atomic E-state index is 12.7. The Morgan fingerprint density at radius 1 is 0.931 bits per heavy atom. The molecule has 150 valence electrons. The van der Waals surface area contributed by atoms with Gasteiger partial charge in [0.05, 0.1) is 7.11 Å². The second-order valence-electron chi connectivity index (χ2n) is 7.21. The van der Waals surface area contributed by atoms with Crippen LogP contribution >= 0.6 is 0 Å². The van der Waals surface area contributed by atoms with Crippen molar-refractivity contribution in [1.82, 2.24) is 0 Å². The Morgan fingerprint density at radius 2 is 1.52 bits per heavy atom. The zero-order valence-corrected chi connectivity index (χ0v) is 17.3. The summed E-state index contributed by atoms with van der Waals surface area (Å²) in [6.07, 6.45) is -0.959. The maximum Gasteiger partial charge on any atom is 0.342 e. The van der Waals surface area contributed by atoms with E-state index in [-0.39, 0.29) is 11.5 Å². The number of methoxy groups -OCH3 is 1. The third-order valence-electron chi connectivity index (χ3n) is 4.87. The fourth-order valence-corrected chi connectivity index (χ4v) is 3.43. The Bertz CT molecular complexity index is 1060. The van der Waals surface area contributed by atoms with Crippen molar-refractivity contribution in [1.29, 1.82) is 0 Å². The van der Waals surface area contributed by atoms with Gasteiger partial charge in [-0.2, -0.15) is 0 Å². The van der Waals surface area contributed by atoms with E-state index in [4.69, 9.17) is 9.47 Å². The number of rotatable bonds is 5. The predicted molar refractivity (Wildman–Crippen MR) is 115 cm³/mol. The molecule has 0 heterocycles. The summed E-state index contributed by atoms with van der Waals surface area (Å²) in [4.78, 5) is 25.3. The Labute approximate surface area is 170 Å². The van der Waals surface area contributed by atoms with Crippen molar-refractivity contribution in [2.75, 3.05) is 12.4 Å². The van der Waals surface area contributed by atoms with E-state index < -0.39 is 12.1 Å². The van der Waals surface area contributed by atoms with Crippen LogP contribution in [0.1, 0.15) is 34.0 Å². The number of hydrogen-bond acceptors (Lipinski definition) is 4. The van der Waals surface area contributed by atoms with Gasteiger partial charge in [-0.3, -0.25) is 4.79 Å². The molecule has 0 saturated heterocycles. The molecule has 0 aliphatic carbocycles. The molecule has 3 rings (SSSR count). The van der Waals surface area contributed by atoms with Crippen LogP contribution in [-0.2, 0) is 9.53 Å². The largest absolute Gasteiger partial charge is 0.496 e. The number of esters is 1. The fraction of sp³-hybridized carbons (Fsp3) is 0.250. The van der Waals surface area contributed by atoms with E-state index in [1.165, 1.54) is 7.11 Å². The van der Waals surface area contributed by atoms with E-state index in [0.29, 0.717) is 5.75 Å². The minimum absolute atomic E-state index is 0.286. The first-order chi connectivity index (χ1) is 13.8. The van der Waals surface area contributed by atoms with Crippen molar-refractivity contribution in [2.45, 2.75) is 33.8 Å². The summed E-state index contributed by atoms with van der Waals surface area (Å²) >= 11 is 0. The lowest BCUT2D eigenvalue weighted by Gasteiger charge is -2.17. The topological polar surface area (TPSA) is 64.6 Å². The van der Waals surface area contributed by atoms with Crippen LogP contribution in [0.5, 0.6) is 5.75 Å². The number of ether oxygens (including phenoxy) is 2. The van der Waals surface area contributed by atoms with Gasteiger partial charge >= 0.3 is 5.97 Å². The van der Waals surface area contributed by atoms with Crippen LogP contribution in [0.2, 0.25) is 0 Å². The van der Waals surface area contributed by atoms with Crippen molar-refractivity contribution in [2.24, 2.45) is 0 Å². The van der Waals surface area contributed by atoms with Crippen LogP contribution < -0.4 is 10.1 Å². The Hall–Kier alpha value is -3.34.